The molecule has 0 aliphatic heterocycles. The zero-order valence-electron chi connectivity index (χ0n) is 18.0. The summed E-state index contributed by atoms with van der Waals surface area (Å²) in [5.74, 6) is 0. The highest BCUT2D eigenvalue weighted by atomic mass is 14.5. The highest BCUT2D eigenvalue weighted by Gasteiger charge is 2.46. The lowest BCUT2D eigenvalue weighted by molar-refractivity contribution is 0.762. The van der Waals surface area contributed by atoms with Crippen LogP contribution in [0.4, 0.5) is 0 Å². The van der Waals surface area contributed by atoms with Gasteiger partial charge >= 0.3 is 0 Å². The van der Waals surface area contributed by atoms with E-state index in [9.17, 15) is 0 Å². The van der Waals surface area contributed by atoms with Crippen LogP contribution in [-0.2, 0) is 5.41 Å². The number of benzene rings is 2. The lowest BCUT2D eigenvalue weighted by Gasteiger charge is -2.36. The fourth-order valence-corrected chi connectivity index (χ4v) is 4.47. The predicted molar refractivity (Wildman–Crippen MR) is 128 cm³/mol. The molecule has 1 aliphatic rings. The van der Waals surface area contributed by atoms with Crippen LogP contribution in [0.15, 0.2) is 120 Å². The first-order valence-corrected chi connectivity index (χ1v) is 10.1. The van der Waals surface area contributed by atoms with E-state index in [1.807, 2.05) is 6.08 Å². The highest BCUT2D eigenvalue weighted by molar-refractivity contribution is 5.87. The van der Waals surface area contributed by atoms with Crippen molar-refractivity contribution >= 4 is 0 Å². The summed E-state index contributed by atoms with van der Waals surface area (Å²) in [5, 5.41) is 0. The maximum absolute atomic E-state index is 4.19. The summed E-state index contributed by atoms with van der Waals surface area (Å²) in [6, 6.07) is 17.5. The van der Waals surface area contributed by atoms with E-state index in [4.69, 9.17) is 0 Å². The van der Waals surface area contributed by atoms with Crippen LogP contribution >= 0.6 is 0 Å². The summed E-state index contributed by atoms with van der Waals surface area (Å²) < 4.78 is 0. The lowest BCUT2D eigenvalue weighted by Crippen LogP contribution is -2.29. The molecule has 29 heavy (non-hydrogen) atoms. The van der Waals surface area contributed by atoms with Gasteiger partial charge in [0.25, 0.3) is 0 Å². The third-order valence-corrected chi connectivity index (χ3v) is 5.31. The Balaban J connectivity index is 2.58. The molecule has 0 bridgehead atoms. The van der Waals surface area contributed by atoms with Crippen molar-refractivity contribution in [2.75, 3.05) is 0 Å². The highest BCUT2D eigenvalue weighted by Crippen LogP contribution is 2.57. The second-order valence-electron chi connectivity index (χ2n) is 7.87. The Labute approximate surface area is 176 Å². The molecule has 0 heteroatoms. The number of hydrogen-bond donors (Lipinski definition) is 0. The van der Waals surface area contributed by atoms with Crippen molar-refractivity contribution < 1.29 is 0 Å². The Kier molecular flexibility index (Phi) is 6.03. The average Bonchev–Trinajstić information content (AvgIpc) is 2.98. The molecule has 0 nitrogen and oxygen atoms in total. The SMILES string of the molecule is C=C/C=C(\C=C(C)C)C1(C(/C=C\C)=C/C(=C)C)c2ccccc2-c2ccccc21. The third kappa shape index (κ3) is 3.51. The van der Waals surface area contributed by atoms with Crippen molar-refractivity contribution in [3.05, 3.63) is 132 Å². The lowest BCUT2D eigenvalue weighted by atomic mass is 9.65. The maximum Gasteiger partial charge on any atom is 0.0713 e. The number of fused-ring (bicyclic) bond motifs is 3. The predicted octanol–water partition coefficient (Wildman–Crippen LogP) is 8.11. The first-order chi connectivity index (χ1) is 14.0. The molecule has 0 atom stereocenters. The smallest absolute Gasteiger partial charge is 0.0713 e. The summed E-state index contributed by atoms with van der Waals surface area (Å²) in [6.07, 6.45) is 12.9. The molecule has 0 aromatic heterocycles. The Hall–Kier alpha value is -3.12. The summed E-state index contributed by atoms with van der Waals surface area (Å²) in [4.78, 5) is 0. The van der Waals surface area contributed by atoms with Crippen LogP contribution in [0.2, 0.25) is 0 Å². The van der Waals surface area contributed by atoms with E-state index in [0.717, 1.165) is 5.57 Å². The van der Waals surface area contributed by atoms with E-state index < -0.39 is 5.41 Å². The molecule has 0 saturated heterocycles. The van der Waals surface area contributed by atoms with Gasteiger partial charge in [0.2, 0.25) is 0 Å². The van der Waals surface area contributed by atoms with Gasteiger partial charge < -0.3 is 0 Å². The number of rotatable bonds is 6. The minimum absolute atomic E-state index is 0.413. The molecule has 0 unspecified atom stereocenters. The molecule has 2 aromatic rings. The Bertz CT molecular complexity index is 1010. The van der Waals surface area contributed by atoms with E-state index in [-0.39, 0.29) is 0 Å². The van der Waals surface area contributed by atoms with Gasteiger partial charge in [-0.3, -0.25) is 0 Å². The van der Waals surface area contributed by atoms with E-state index in [0.29, 0.717) is 0 Å². The van der Waals surface area contributed by atoms with Crippen LogP contribution in [0, 0.1) is 0 Å². The molecule has 0 N–H and O–H groups in total. The van der Waals surface area contributed by atoms with Crippen LogP contribution in [0.5, 0.6) is 0 Å². The van der Waals surface area contributed by atoms with Crippen LogP contribution < -0.4 is 0 Å². The molecule has 146 valence electrons. The van der Waals surface area contributed by atoms with Gasteiger partial charge in [-0.15, -0.1) is 0 Å². The second kappa shape index (κ2) is 8.49. The molecular formula is C29H30. The minimum atomic E-state index is -0.413. The van der Waals surface area contributed by atoms with Crippen LogP contribution in [0.25, 0.3) is 11.1 Å². The molecule has 1 aliphatic carbocycles. The Morgan fingerprint density at radius 3 is 1.83 bits per heavy atom. The largest absolute Gasteiger partial charge is 0.0991 e. The monoisotopic (exact) mass is 378 g/mol. The van der Waals surface area contributed by atoms with Gasteiger partial charge in [-0.1, -0.05) is 109 Å². The minimum Gasteiger partial charge on any atom is -0.0991 e. The number of allylic oxidation sites excluding steroid dienone is 10. The summed E-state index contributed by atoms with van der Waals surface area (Å²) in [6.45, 7) is 16.6. The van der Waals surface area contributed by atoms with Gasteiger partial charge in [-0.05, 0) is 61.1 Å². The van der Waals surface area contributed by atoms with Crippen molar-refractivity contribution in [3.8, 4) is 11.1 Å². The molecule has 0 amide bonds. The van der Waals surface area contributed by atoms with E-state index in [2.05, 4.69) is 120 Å². The molecule has 0 fully saturated rings. The van der Waals surface area contributed by atoms with Gasteiger partial charge in [0.05, 0.1) is 5.41 Å². The molecular weight excluding hydrogens is 348 g/mol. The second-order valence-corrected chi connectivity index (χ2v) is 7.87. The van der Waals surface area contributed by atoms with Gasteiger partial charge in [0.15, 0.2) is 0 Å². The van der Waals surface area contributed by atoms with E-state index in [1.165, 1.54) is 39.0 Å². The van der Waals surface area contributed by atoms with Crippen molar-refractivity contribution in [2.24, 2.45) is 0 Å². The van der Waals surface area contributed by atoms with E-state index in [1.54, 1.807) is 0 Å². The van der Waals surface area contributed by atoms with Crippen molar-refractivity contribution in [1.82, 2.24) is 0 Å². The Morgan fingerprint density at radius 2 is 1.38 bits per heavy atom. The molecule has 0 spiro atoms. The van der Waals surface area contributed by atoms with Crippen LogP contribution in [-0.4, -0.2) is 0 Å². The van der Waals surface area contributed by atoms with Crippen molar-refractivity contribution in [2.45, 2.75) is 33.1 Å². The topological polar surface area (TPSA) is 0 Å². The first-order valence-electron chi connectivity index (χ1n) is 10.1. The quantitative estimate of drug-likeness (QED) is 0.445. The van der Waals surface area contributed by atoms with Gasteiger partial charge in [0, 0.05) is 0 Å². The van der Waals surface area contributed by atoms with Gasteiger partial charge in [-0.2, -0.15) is 0 Å². The van der Waals surface area contributed by atoms with Crippen molar-refractivity contribution in [1.29, 1.82) is 0 Å². The zero-order chi connectivity index (χ0) is 21.0. The molecule has 0 radical (unpaired) electrons. The zero-order valence-corrected chi connectivity index (χ0v) is 18.0. The molecule has 0 heterocycles. The standard InChI is InChI=1S/C29H30/c1-7-13-23(19-21(3)4)29(24(14-8-2)20-22(5)6)27-17-11-9-15-25(27)26-16-10-12-18-28(26)29/h7-20H,1,5H2,2-4,6H3/b14-8-,23-13+,24-20+. The maximum atomic E-state index is 4.19. The molecule has 3 rings (SSSR count). The fraction of sp³-hybridized carbons (Fsp3) is 0.172. The van der Waals surface area contributed by atoms with Crippen LogP contribution in [0.1, 0.15) is 38.8 Å². The molecule has 0 saturated carbocycles. The fourth-order valence-electron chi connectivity index (χ4n) is 4.47. The summed E-state index contributed by atoms with van der Waals surface area (Å²) in [7, 11) is 0. The Morgan fingerprint density at radius 1 is 0.828 bits per heavy atom. The average molecular weight is 379 g/mol. The first kappa shape index (κ1) is 20.6. The summed E-state index contributed by atoms with van der Waals surface area (Å²) in [5.41, 5.74) is 9.50. The van der Waals surface area contributed by atoms with E-state index >= 15 is 0 Å². The number of hydrogen-bond acceptors (Lipinski definition) is 0. The van der Waals surface area contributed by atoms with Gasteiger partial charge in [0.1, 0.15) is 0 Å². The van der Waals surface area contributed by atoms with Gasteiger partial charge in [-0.25, -0.2) is 0 Å². The normalized spacial score (nSPS) is 15.0. The van der Waals surface area contributed by atoms with Crippen molar-refractivity contribution in [3.63, 3.8) is 0 Å². The summed E-state index contributed by atoms with van der Waals surface area (Å²) >= 11 is 0. The van der Waals surface area contributed by atoms with Crippen LogP contribution in [0.3, 0.4) is 0 Å². The third-order valence-electron chi connectivity index (χ3n) is 5.31. The molecule has 2 aromatic carbocycles.